The summed E-state index contributed by atoms with van der Waals surface area (Å²) in [6.07, 6.45) is 4.55. The Kier molecular flexibility index (Phi) is 4.92. The van der Waals surface area contributed by atoms with Crippen molar-refractivity contribution in [2.45, 2.75) is 18.4 Å². The third-order valence-corrected chi connectivity index (χ3v) is 6.47. The molecule has 1 fully saturated rings. The summed E-state index contributed by atoms with van der Waals surface area (Å²) >= 11 is 0. The molecule has 3 amide bonds. The SMILES string of the molecule is COc1ccc2c(c1)C(=O)N(C[C@@]1(c3cc4nc(Nc5cnccn5)ccc4o3)CC(=O)NC1=O)C2. The molecule has 3 aromatic heterocycles. The highest BCUT2D eigenvalue weighted by molar-refractivity contribution is 6.10. The second-order valence-electron chi connectivity index (χ2n) is 8.73. The summed E-state index contributed by atoms with van der Waals surface area (Å²) in [5.74, 6) is 0.702. The number of carbonyl (C=O) groups is 3. The first kappa shape index (κ1) is 21.7. The first-order valence-electron chi connectivity index (χ1n) is 11.2. The summed E-state index contributed by atoms with van der Waals surface area (Å²) in [5, 5.41) is 5.44. The summed E-state index contributed by atoms with van der Waals surface area (Å²) in [6, 6.07) is 10.4. The molecule has 0 bridgehead atoms. The molecule has 1 atom stereocenters. The van der Waals surface area contributed by atoms with Gasteiger partial charge in [0, 0.05) is 37.1 Å². The fourth-order valence-electron chi connectivity index (χ4n) is 4.69. The minimum atomic E-state index is -1.38. The summed E-state index contributed by atoms with van der Waals surface area (Å²) in [7, 11) is 1.53. The highest BCUT2D eigenvalue weighted by atomic mass is 16.5. The number of amides is 3. The molecule has 11 nitrogen and oxygen atoms in total. The Morgan fingerprint density at radius 3 is 2.78 bits per heavy atom. The molecule has 2 N–H and O–H groups in total. The molecule has 6 rings (SSSR count). The lowest BCUT2D eigenvalue weighted by Gasteiger charge is -2.28. The maximum absolute atomic E-state index is 13.2. The van der Waals surface area contributed by atoms with E-state index in [-0.39, 0.29) is 24.6 Å². The number of nitrogens with zero attached hydrogens (tertiary/aromatic N) is 4. The summed E-state index contributed by atoms with van der Waals surface area (Å²) < 4.78 is 11.3. The molecule has 0 aliphatic carbocycles. The van der Waals surface area contributed by atoms with Crippen LogP contribution >= 0.6 is 0 Å². The number of rotatable bonds is 6. The fourth-order valence-corrected chi connectivity index (χ4v) is 4.69. The van der Waals surface area contributed by atoms with E-state index in [0.717, 1.165) is 5.56 Å². The number of methoxy groups -OCH3 is 1. The van der Waals surface area contributed by atoms with Gasteiger partial charge in [0.25, 0.3) is 5.91 Å². The van der Waals surface area contributed by atoms with Gasteiger partial charge in [-0.25, -0.2) is 9.97 Å². The van der Waals surface area contributed by atoms with Crippen molar-refractivity contribution in [3.8, 4) is 5.75 Å². The average Bonchev–Trinajstić information content (AvgIpc) is 3.53. The largest absolute Gasteiger partial charge is 0.497 e. The number of aromatic nitrogens is 3. The second-order valence-corrected chi connectivity index (χ2v) is 8.73. The number of ether oxygens (including phenoxy) is 1. The zero-order valence-corrected chi connectivity index (χ0v) is 19.1. The standard InChI is InChI=1S/C25H20N6O5/c1-35-15-3-2-14-12-31(23(33)16(14)8-15)13-25(10-22(32)30-24(25)34)19-9-17-18(36-19)4-5-20(28-17)29-21-11-26-6-7-27-21/h2-9,11H,10,12-13H2,1H3,(H,27,28,29)(H,30,32,34)/t25-/m1/s1. The van der Waals surface area contributed by atoms with Crippen LogP contribution in [0.4, 0.5) is 11.6 Å². The van der Waals surface area contributed by atoms with Crippen LogP contribution in [0.2, 0.25) is 0 Å². The predicted molar refractivity (Wildman–Crippen MR) is 127 cm³/mol. The molecule has 1 aromatic carbocycles. The van der Waals surface area contributed by atoms with Crippen molar-refractivity contribution in [2.24, 2.45) is 0 Å². The predicted octanol–water partition coefficient (Wildman–Crippen LogP) is 2.31. The Morgan fingerprint density at radius 1 is 1.14 bits per heavy atom. The fraction of sp³-hybridized carbons (Fsp3) is 0.200. The van der Waals surface area contributed by atoms with Crippen LogP contribution in [0.1, 0.15) is 28.1 Å². The molecule has 180 valence electrons. The van der Waals surface area contributed by atoms with Crippen molar-refractivity contribution in [1.82, 2.24) is 25.2 Å². The first-order valence-corrected chi connectivity index (χ1v) is 11.2. The van der Waals surface area contributed by atoms with Crippen LogP contribution in [-0.2, 0) is 21.5 Å². The summed E-state index contributed by atoms with van der Waals surface area (Å²) in [6.45, 7) is 0.289. The van der Waals surface area contributed by atoms with Gasteiger partial charge in [-0.2, -0.15) is 0 Å². The molecule has 2 aliphatic heterocycles. The van der Waals surface area contributed by atoms with Crippen molar-refractivity contribution in [1.29, 1.82) is 0 Å². The van der Waals surface area contributed by atoms with Gasteiger partial charge in [-0.05, 0) is 29.8 Å². The van der Waals surface area contributed by atoms with E-state index in [1.807, 2.05) is 6.07 Å². The first-order chi connectivity index (χ1) is 17.4. The number of imide groups is 1. The number of anilines is 2. The molecule has 0 unspecified atom stereocenters. The Bertz CT molecular complexity index is 1530. The lowest BCUT2D eigenvalue weighted by molar-refractivity contribution is -0.127. The number of furan rings is 1. The number of carbonyl (C=O) groups excluding carboxylic acids is 3. The third-order valence-electron chi connectivity index (χ3n) is 6.47. The molecule has 2 aliphatic rings. The zero-order chi connectivity index (χ0) is 24.9. The molecule has 5 heterocycles. The van der Waals surface area contributed by atoms with Crippen LogP contribution in [0.15, 0.2) is 59.4 Å². The van der Waals surface area contributed by atoms with Crippen molar-refractivity contribution in [2.75, 3.05) is 19.0 Å². The molecule has 1 saturated heterocycles. The van der Waals surface area contributed by atoms with Crippen LogP contribution in [0.3, 0.4) is 0 Å². The van der Waals surface area contributed by atoms with E-state index in [0.29, 0.717) is 40.6 Å². The smallest absolute Gasteiger partial charge is 0.254 e. The Morgan fingerprint density at radius 2 is 2.03 bits per heavy atom. The van der Waals surface area contributed by atoms with E-state index in [1.54, 1.807) is 53.8 Å². The lowest BCUT2D eigenvalue weighted by atomic mass is 9.82. The number of pyridine rings is 1. The molecule has 0 radical (unpaired) electrons. The Balaban J connectivity index is 1.34. The maximum Gasteiger partial charge on any atom is 0.254 e. The lowest BCUT2D eigenvalue weighted by Crippen LogP contribution is -2.46. The number of fused-ring (bicyclic) bond motifs is 2. The average molecular weight is 484 g/mol. The molecule has 36 heavy (non-hydrogen) atoms. The van der Waals surface area contributed by atoms with Gasteiger partial charge in [-0.15, -0.1) is 0 Å². The van der Waals surface area contributed by atoms with Gasteiger partial charge in [0.1, 0.15) is 34.1 Å². The van der Waals surface area contributed by atoms with Gasteiger partial charge in [-0.3, -0.25) is 24.7 Å². The van der Waals surface area contributed by atoms with Crippen molar-refractivity contribution in [3.63, 3.8) is 0 Å². The van der Waals surface area contributed by atoms with Gasteiger partial charge in [0.2, 0.25) is 11.8 Å². The van der Waals surface area contributed by atoms with Crippen molar-refractivity contribution >= 4 is 40.5 Å². The number of benzene rings is 1. The normalized spacial score (nSPS) is 19.0. The minimum Gasteiger partial charge on any atom is -0.497 e. The van der Waals surface area contributed by atoms with Gasteiger partial charge in [-0.1, -0.05) is 6.07 Å². The highest BCUT2D eigenvalue weighted by Gasteiger charge is 2.53. The topological polar surface area (TPSA) is 140 Å². The molecule has 4 aromatic rings. The molecule has 0 saturated carbocycles. The van der Waals surface area contributed by atoms with Crippen LogP contribution in [0.25, 0.3) is 11.1 Å². The van der Waals surface area contributed by atoms with E-state index >= 15 is 0 Å². The van der Waals surface area contributed by atoms with Crippen LogP contribution in [0.5, 0.6) is 5.75 Å². The van der Waals surface area contributed by atoms with Crippen LogP contribution in [-0.4, -0.2) is 51.2 Å². The van der Waals surface area contributed by atoms with Gasteiger partial charge < -0.3 is 19.4 Å². The maximum atomic E-state index is 13.2. The van der Waals surface area contributed by atoms with Crippen LogP contribution in [0, 0.1) is 0 Å². The number of hydrogen-bond donors (Lipinski definition) is 2. The van der Waals surface area contributed by atoms with Crippen LogP contribution < -0.4 is 15.4 Å². The zero-order valence-electron chi connectivity index (χ0n) is 19.1. The van der Waals surface area contributed by atoms with E-state index in [1.165, 1.54) is 7.11 Å². The monoisotopic (exact) mass is 484 g/mol. The Labute approximate surface area is 204 Å². The molecule has 11 heteroatoms. The quantitative estimate of drug-likeness (QED) is 0.395. The van der Waals surface area contributed by atoms with Crippen molar-refractivity contribution in [3.05, 3.63) is 71.9 Å². The second kappa shape index (κ2) is 8.15. The highest BCUT2D eigenvalue weighted by Crippen LogP contribution is 2.39. The Hall–Kier alpha value is -4.80. The van der Waals surface area contributed by atoms with E-state index in [4.69, 9.17) is 9.15 Å². The van der Waals surface area contributed by atoms with Crippen molar-refractivity contribution < 1.29 is 23.5 Å². The third kappa shape index (κ3) is 3.52. The number of nitrogens with one attached hydrogen (secondary N) is 2. The summed E-state index contributed by atoms with van der Waals surface area (Å²) in [5.41, 5.74) is 0.901. The van der Waals surface area contributed by atoms with E-state index in [9.17, 15) is 14.4 Å². The van der Waals surface area contributed by atoms with Gasteiger partial charge in [0.15, 0.2) is 5.58 Å². The van der Waals surface area contributed by atoms with Gasteiger partial charge >= 0.3 is 0 Å². The molecular weight excluding hydrogens is 464 g/mol. The van der Waals surface area contributed by atoms with E-state index in [2.05, 4.69) is 25.6 Å². The molecular formula is C25H20N6O5. The minimum absolute atomic E-state index is 0.0229. The van der Waals surface area contributed by atoms with Gasteiger partial charge in [0.05, 0.1) is 19.7 Å². The molecule has 0 spiro atoms. The number of hydrogen-bond acceptors (Lipinski definition) is 9. The summed E-state index contributed by atoms with van der Waals surface area (Å²) in [4.78, 5) is 53.0. The van der Waals surface area contributed by atoms with E-state index < -0.39 is 17.2 Å².